The van der Waals surface area contributed by atoms with Gasteiger partial charge in [-0.2, -0.15) is 0 Å². The lowest BCUT2D eigenvalue weighted by Gasteiger charge is -2.24. The Balaban J connectivity index is 1.89. The summed E-state index contributed by atoms with van der Waals surface area (Å²) < 4.78 is 48.0. The highest BCUT2D eigenvalue weighted by Gasteiger charge is 2.24. The van der Waals surface area contributed by atoms with Gasteiger partial charge in [-0.05, 0) is 48.7 Å². The van der Waals surface area contributed by atoms with E-state index in [0.717, 1.165) is 19.3 Å². The Labute approximate surface area is 265 Å². The fraction of sp³-hybridized carbons (Fsp3) is 0.514. The van der Waals surface area contributed by atoms with E-state index in [4.69, 9.17) is 28.4 Å². The van der Waals surface area contributed by atoms with Crippen molar-refractivity contribution >= 4 is 18.1 Å². The molecule has 45 heavy (non-hydrogen) atoms. The van der Waals surface area contributed by atoms with Crippen molar-refractivity contribution in [3.8, 4) is 22.6 Å². The molecule has 0 unspecified atom stereocenters. The minimum Gasteiger partial charge on any atom is -0.492 e. The molecular weight excluding hydrogens is 583 g/mol. The van der Waals surface area contributed by atoms with Gasteiger partial charge in [0.2, 0.25) is 0 Å². The molecular formula is C35H45FO9. The molecule has 2 aromatic carbocycles. The molecule has 246 valence electrons. The fourth-order valence-electron chi connectivity index (χ4n) is 4.52. The predicted molar refractivity (Wildman–Crippen MR) is 166 cm³/mol. The summed E-state index contributed by atoms with van der Waals surface area (Å²) in [4.78, 5) is 36.0. The van der Waals surface area contributed by atoms with Gasteiger partial charge in [-0.1, -0.05) is 65.5 Å². The Hall–Kier alpha value is -4.08. The van der Waals surface area contributed by atoms with Crippen LogP contribution in [0.2, 0.25) is 0 Å². The molecule has 3 rings (SSSR count). The zero-order valence-corrected chi connectivity index (χ0v) is 26.8. The Morgan fingerprint density at radius 1 is 0.933 bits per heavy atom. The van der Waals surface area contributed by atoms with Crippen molar-refractivity contribution < 1.29 is 47.2 Å². The first kappa shape index (κ1) is 35.4. The van der Waals surface area contributed by atoms with Crippen LogP contribution in [0.4, 0.5) is 9.18 Å². The number of cyclic esters (lactones) is 2. The fourth-order valence-corrected chi connectivity index (χ4v) is 4.52. The second kappa shape index (κ2) is 18.0. The largest absolute Gasteiger partial charge is 0.508 e. The molecule has 1 aliphatic rings. The SMILES string of the molecule is C=C(C)C(=O)OCc1cc(-c2ccc(OCCCCCCCC)c(F)c2)cc(COC(=O)C(C)C)c1OCC1COC(=O)OC1. The van der Waals surface area contributed by atoms with Crippen LogP contribution < -0.4 is 9.47 Å². The van der Waals surface area contributed by atoms with E-state index in [0.29, 0.717) is 34.6 Å². The predicted octanol–water partition coefficient (Wildman–Crippen LogP) is 7.71. The molecule has 0 bridgehead atoms. The molecule has 0 radical (unpaired) electrons. The summed E-state index contributed by atoms with van der Waals surface area (Å²) in [5.41, 5.74) is 2.31. The molecule has 0 spiro atoms. The Morgan fingerprint density at radius 3 is 2.20 bits per heavy atom. The van der Waals surface area contributed by atoms with Gasteiger partial charge in [-0.15, -0.1) is 0 Å². The maximum atomic E-state index is 15.2. The third kappa shape index (κ3) is 11.4. The number of carbonyl (C=O) groups excluding carboxylic acids is 3. The summed E-state index contributed by atoms with van der Waals surface area (Å²) in [6.45, 7) is 11.2. The van der Waals surface area contributed by atoms with Crippen LogP contribution >= 0.6 is 0 Å². The van der Waals surface area contributed by atoms with Crippen LogP contribution in [0.5, 0.6) is 11.5 Å². The highest BCUT2D eigenvalue weighted by atomic mass is 19.1. The molecule has 0 saturated carbocycles. The van der Waals surface area contributed by atoms with Gasteiger partial charge in [0.15, 0.2) is 11.6 Å². The molecule has 1 fully saturated rings. The standard InChI is InChI=1S/C35H45FO9/c1-6-7-8-9-10-11-14-40-31-13-12-26(17-30(31)36)27-15-28(21-42-33(37)23(2)3)32(29(16-27)22-43-34(38)24(4)5)41-18-25-19-44-35(39)45-20-25/h12-13,15-17,24-25H,2,6-11,14,18-22H2,1,3-5H3. The molecule has 0 aromatic heterocycles. The summed E-state index contributed by atoms with van der Waals surface area (Å²) in [6.07, 6.45) is 5.89. The first-order valence-electron chi connectivity index (χ1n) is 15.6. The van der Waals surface area contributed by atoms with E-state index in [1.165, 1.54) is 32.3 Å². The number of rotatable bonds is 18. The quantitative estimate of drug-likeness (QED) is 0.0710. The maximum absolute atomic E-state index is 15.2. The summed E-state index contributed by atoms with van der Waals surface area (Å²) in [7, 11) is 0. The van der Waals surface area contributed by atoms with Crippen molar-refractivity contribution in [2.75, 3.05) is 26.4 Å². The number of hydrogen-bond acceptors (Lipinski definition) is 9. The van der Waals surface area contributed by atoms with Gasteiger partial charge < -0.3 is 28.4 Å². The third-order valence-corrected chi connectivity index (χ3v) is 7.15. The van der Waals surface area contributed by atoms with Gasteiger partial charge in [-0.3, -0.25) is 4.79 Å². The lowest BCUT2D eigenvalue weighted by Crippen LogP contribution is -2.31. The van der Waals surface area contributed by atoms with Gasteiger partial charge in [0.1, 0.15) is 32.2 Å². The zero-order chi connectivity index (χ0) is 32.8. The van der Waals surface area contributed by atoms with E-state index >= 15 is 4.39 Å². The molecule has 0 N–H and O–H groups in total. The lowest BCUT2D eigenvalue weighted by molar-refractivity contribution is -0.148. The Kier molecular flexibility index (Phi) is 14.2. The number of ether oxygens (including phenoxy) is 6. The third-order valence-electron chi connectivity index (χ3n) is 7.15. The van der Waals surface area contributed by atoms with Crippen LogP contribution in [0, 0.1) is 17.7 Å². The normalized spacial score (nSPS) is 13.2. The van der Waals surface area contributed by atoms with Crippen molar-refractivity contribution in [2.45, 2.75) is 79.4 Å². The highest BCUT2D eigenvalue weighted by molar-refractivity contribution is 5.87. The summed E-state index contributed by atoms with van der Waals surface area (Å²) in [6, 6.07) is 8.20. The van der Waals surface area contributed by atoms with E-state index in [1.54, 1.807) is 38.1 Å². The van der Waals surface area contributed by atoms with Crippen molar-refractivity contribution in [3.63, 3.8) is 0 Å². The van der Waals surface area contributed by atoms with Crippen LogP contribution in [-0.4, -0.2) is 44.5 Å². The van der Waals surface area contributed by atoms with E-state index in [1.807, 2.05) is 0 Å². The zero-order valence-electron chi connectivity index (χ0n) is 26.8. The van der Waals surface area contributed by atoms with E-state index in [2.05, 4.69) is 13.5 Å². The van der Waals surface area contributed by atoms with Crippen molar-refractivity contribution in [2.24, 2.45) is 11.8 Å². The monoisotopic (exact) mass is 628 g/mol. The molecule has 1 heterocycles. The first-order chi connectivity index (χ1) is 21.6. The van der Waals surface area contributed by atoms with E-state index < -0.39 is 23.9 Å². The number of esters is 2. The minimum atomic E-state index is -0.740. The second-order valence-corrected chi connectivity index (χ2v) is 11.6. The Bertz CT molecular complexity index is 1310. The Morgan fingerprint density at radius 2 is 1.58 bits per heavy atom. The second-order valence-electron chi connectivity index (χ2n) is 11.6. The molecule has 0 atom stereocenters. The lowest BCUT2D eigenvalue weighted by atomic mass is 9.98. The van der Waals surface area contributed by atoms with Gasteiger partial charge in [0, 0.05) is 16.7 Å². The average Bonchev–Trinajstić information content (AvgIpc) is 3.02. The van der Waals surface area contributed by atoms with Crippen LogP contribution in [0.15, 0.2) is 42.5 Å². The molecule has 10 heteroatoms. The van der Waals surface area contributed by atoms with Gasteiger partial charge in [0.25, 0.3) is 0 Å². The highest BCUT2D eigenvalue weighted by Crippen LogP contribution is 2.35. The molecule has 1 aliphatic heterocycles. The summed E-state index contributed by atoms with van der Waals surface area (Å²) in [5, 5.41) is 0. The van der Waals surface area contributed by atoms with Crippen molar-refractivity contribution in [3.05, 3.63) is 59.4 Å². The summed E-state index contributed by atoms with van der Waals surface area (Å²) >= 11 is 0. The number of carbonyl (C=O) groups is 3. The van der Waals surface area contributed by atoms with Crippen LogP contribution in [0.1, 0.15) is 77.3 Å². The van der Waals surface area contributed by atoms with Gasteiger partial charge >= 0.3 is 18.1 Å². The maximum Gasteiger partial charge on any atom is 0.508 e. The smallest absolute Gasteiger partial charge is 0.492 e. The van der Waals surface area contributed by atoms with Crippen LogP contribution in [0.3, 0.4) is 0 Å². The van der Waals surface area contributed by atoms with E-state index in [9.17, 15) is 14.4 Å². The number of halogens is 1. The topological polar surface area (TPSA) is 107 Å². The van der Waals surface area contributed by atoms with Gasteiger partial charge in [0.05, 0.1) is 25.0 Å². The van der Waals surface area contributed by atoms with Crippen molar-refractivity contribution in [1.29, 1.82) is 0 Å². The first-order valence-corrected chi connectivity index (χ1v) is 15.6. The number of hydrogen-bond donors (Lipinski definition) is 0. The average molecular weight is 629 g/mol. The van der Waals surface area contributed by atoms with Crippen LogP contribution in [-0.2, 0) is 41.8 Å². The molecule has 0 amide bonds. The molecule has 9 nitrogen and oxygen atoms in total. The molecule has 0 aliphatic carbocycles. The minimum absolute atomic E-state index is 0.110. The molecule has 1 saturated heterocycles. The number of benzene rings is 2. The number of unbranched alkanes of at least 4 members (excludes halogenated alkanes) is 5. The van der Waals surface area contributed by atoms with Crippen molar-refractivity contribution in [1.82, 2.24) is 0 Å². The van der Waals surface area contributed by atoms with E-state index in [-0.39, 0.29) is 56.2 Å². The molecule has 2 aromatic rings. The van der Waals surface area contributed by atoms with Crippen LogP contribution in [0.25, 0.3) is 11.1 Å². The summed E-state index contributed by atoms with van der Waals surface area (Å²) in [5.74, 6) is -1.62. The van der Waals surface area contributed by atoms with Gasteiger partial charge in [-0.25, -0.2) is 14.0 Å².